The topological polar surface area (TPSA) is 224 Å². The van der Waals surface area contributed by atoms with E-state index < -0.39 is 72.2 Å². The molecule has 1 saturated heterocycles. The number of amides is 6. The summed E-state index contributed by atoms with van der Waals surface area (Å²) in [5.41, 5.74) is 2.23. The zero-order valence-electron chi connectivity index (χ0n) is 34.2. The Morgan fingerprint density at radius 3 is 2.17 bits per heavy atom. The van der Waals surface area contributed by atoms with E-state index in [9.17, 15) is 33.9 Å². The van der Waals surface area contributed by atoms with Crippen LogP contribution >= 0.6 is 0 Å². The van der Waals surface area contributed by atoms with Crippen LogP contribution in [0.5, 0.6) is 11.5 Å². The molecular formula is C43H54N8O8. The largest absolute Gasteiger partial charge is 0.506 e. The molecule has 1 aliphatic rings. The number of aromatic amines is 1. The SMILES string of the molecule is COc1ccc(C[C@@H]2NC(=O)[C@H](CC(C)C)NC(=O)[C@@H](Cc3c[nH]c4ccccc34)NC(=O)CN(C(=O)c3cncc(O)c3)C[C@H](C(C)C)NC(=O)[C@@H](C)NC2=O)cc1. The van der Waals surface area contributed by atoms with Crippen molar-refractivity contribution in [3.8, 4) is 11.5 Å². The summed E-state index contributed by atoms with van der Waals surface area (Å²) in [6, 6.07) is 10.4. The average Bonchev–Trinajstić information content (AvgIpc) is 3.61. The van der Waals surface area contributed by atoms with E-state index >= 15 is 0 Å². The van der Waals surface area contributed by atoms with Gasteiger partial charge in [-0.1, -0.05) is 58.0 Å². The van der Waals surface area contributed by atoms with Crippen LogP contribution in [0.25, 0.3) is 10.9 Å². The normalized spacial score (nSPS) is 21.5. The second-order valence-electron chi connectivity index (χ2n) is 15.7. The van der Waals surface area contributed by atoms with Crippen molar-refractivity contribution in [1.82, 2.24) is 41.5 Å². The number of rotatable bonds is 9. The first-order valence-electron chi connectivity index (χ1n) is 19.7. The van der Waals surface area contributed by atoms with Crippen LogP contribution in [0.1, 0.15) is 62.5 Å². The predicted molar refractivity (Wildman–Crippen MR) is 220 cm³/mol. The Balaban J connectivity index is 1.55. The average molecular weight is 811 g/mol. The Labute approximate surface area is 343 Å². The van der Waals surface area contributed by atoms with E-state index in [1.165, 1.54) is 31.2 Å². The molecular weight excluding hydrogens is 757 g/mol. The standard InChI is InChI=1S/C43H54N8O8/c1-24(2)15-34-41(56)49-35(16-27-11-13-31(59-6)14-12-27)40(55)46-26(5)39(54)50-37(25(3)4)22-51(43(58)29-17-30(52)21-44-19-29)23-38(53)47-36(42(57)48-34)18-28-20-45-33-10-8-7-9-32(28)33/h7-14,17,19-21,24-26,34-37,45,52H,15-16,18,22-23H2,1-6H3,(H,46,55)(H,47,53)(H,48,57)(H,49,56)(H,50,54)/t26-,34+,35+,36-,37-/m1/s1. The lowest BCUT2D eigenvalue weighted by Gasteiger charge is -2.32. The first-order valence-corrected chi connectivity index (χ1v) is 19.7. The molecule has 1 aliphatic heterocycles. The maximum atomic E-state index is 14.4. The number of nitrogens with one attached hydrogen (secondary N) is 6. The van der Waals surface area contributed by atoms with Gasteiger partial charge in [-0.2, -0.15) is 0 Å². The molecule has 6 amide bonds. The molecule has 2 aromatic heterocycles. The highest BCUT2D eigenvalue weighted by atomic mass is 16.5. The highest BCUT2D eigenvalue weighted by Gasteiger charge is 2.34. The Morgan fingerprint density at radius 2 is 1.49 bits per heavy atom. The van der Waals surface area contributed by atoms with Crippen molar-refractivity contribution in [2.45, 2.75) is 84.1 Å². The minimum absolute atomic E-state index is 0.00654. The van der Waals surface area contributed by atoms with Crippen molar-refractivity contribution < 1.29 is 38.6 Å². The lowest BCUT2D eigenvalue weighted by Crippen LogP contribution is -2.60. The summed E-state index contributed by atoms with van der Waals surface area (Å²) in [5.74, 6) is -3.84. The van der Waals surface area contributed by atoms with Gasteiger partial charge in [-0.05, 0) is 60.6 Å². The van der Waals surface area contributed by atoms with Crippen LogP contribution in [0.4, 0.5) is 0 Å². The minimum atomic E-state index is -1.22. The molecule has 16 heteroatoms. The van der Waals surface area contributed by atoms with Crippen LogP contribution in [0.3, 0.4) is 0 Å². The van der Waals surface area contributed by atoms with Crippen LogP contribution in [0, 0.1) is 11.8 Å². The van der Waals surface area contributed by atoms with E-state index in [-0.39, 0.29) is 49.0 Å². The molecule has 5 atom stereocenters. The van der Waals surface area contributed by atoms with Gasteiger partial charge in [0.05, 0.1) is 25.4 Å². The molecule has 0 bridgehead atoms. The number of pyridine rings is 1. The first-order chi connectivity index (χ1) is 28.1. The molecule has 0 unspecified atom stereocenters. The van der Waals surface area contributed by atoms with E-state index in [1.54, 1.807) is 30.5 Å². The fourth-order valence-corrected chi connectivity index (χ4v) is 6.89. The van der Waals surface area contributed by atoms with Crippen molar-refractivity contribution >= 4 is 46.3 Å². The quantitative estimate of drug-likeness (QED) is 0.132. The second kappa shape index (κ2) is 19.8. The van der Waals surface area contributed by atoms with Gasteiger partial charge in [0.25, 0.3) is 5.91 Å². The summed E-state index contributed by atoms with van der Waals surface area (Å²) >= 11 is 0. The third kappa shape index (κ3) is 11.8. The third-order valence-electron chi connectivity index (χ3n) is 10.2. The molecule has 0 spiro atoms. The van der Waals surface area contributed by atoms with Gasteiger partial charge in [-0.25, -0.2) is 0 Å². The number of benzene rings is 2. The molecule has 1 fully saturated rings. The molecule has 7 N–H and O–H groups in total. The van der Waals surface area contributed by atoms with Gasteiger partial charge in [-0.15, -0.1) is 0 Å². The number of para-hydroxylation sites is 1. The molecule has 4 aromatic rings. The molecule has 314 valence electrons. The van der Waals surface area contributed by atoms with Crippen LogP contribution < -0.4 is 31.3 Å². The third-order valence-corrected chi connectivity index (χ3v) is 10.2. The number of carbonyl (C=O) groups excluding carboxylic acids is 6. The van der Waals surface area contributed by atoms with Crippen molar-refractivity contribution in [2.24, 2.45) is 11.8 Å². The second-order valence-corrected chi connectivity index (χ2v) is 15.7. The number of aromatic nitrogens is 2. The fraction of sp³-hybridized carbons (Fsp3) is 0.419. The van der Waals surface area contributed by atoms with Crippen molar-refractivity contribution in [1.29, 1.82) is 0 Å². The van der Waals surface area contributed by atoms with Gasteiger partial charge in [0.2, 0.25) is 29.5 Å². The van der Waals surface area contributed by atoms with Crippen LogP contribution in [0.2, 0.25) is 0 Å². The molecule has 5 rings (SSSR count). The van der Waals surface area contributed by atoms with E-state index in [0.29, 0.717) is 11.3 Å². The minimum Gasteiger partial charge on any atom is -0.506 e. The molecule has 59 heavy (non-hydrogen) atoms. The van der Waals surface area contributed by atoms with Gasteiger partial charge in [0, 0.05) is 48.7 Å². The van der Waals surface area contributed by atoms with Gasteiger partial charge < -0.3 is 46.3 Å². The van der Waals surface area contributed by atoms with Gasteiger partial charge in [0.1, 0.15) is 35.7 Å². The van der Waals surface area contributed by atoms with E-state index in [1.807, 2.05) is 52.0 Å². The van der Waals surface area contributed by atoms with Crippen LogP contribution in [-0.4, -0.2) is 106 Å². The molecule has 0 aliphatic carbocycles. The van der Waals surface area contributed by atoms with Gasteiger partial charge in [-0.3, -0.25) is 33.8 Å². The van der Waals surface area contributed by atoms with Crippen molar-refractivity contribution in [3.63, 3.8) is 0 Å². The molecule has 3 heterocycles. The summed E-state index contributed by atoms with van der Waals surface area (Å²) < 4.78 is 5.28. The lowest BCUT2D eigenvalue weighted by molar-refractivity contribution is -0.135. The van der Waals surface area contributed by atoms with Gasteiger partial charge >= 0.3 is 0 Å². The van der Waals surface area contributed by atoms with Gasteiger partial charge in [0.15, 0.2) is 0 Å². The maximum Gasteiger partial charge on any atom is 0.256 e. The summed E-state index contributed by atoms with van der Waals surface area (Å²) in [6.45, 7) is 8.23. The number of methoxy groups -OCH3 is 1. The number of hydrogen-bond donors (Lipinski definition) is 7. The first kappa shape index (κ1) is 43.7. The monoisotopic (exact) mass is 810 g/mol. The summed E-state index contributed by atoms with van der Waals surface area (Å²) in [6.07, 6.45) is 4.43. The van der Waals surface area contributed by atoms with Crippen LogP contribution in [-0.2, 0) is 36.8 Å². The Kier molecular flexibility index (Phi) is 14.7. The Bertz CT molecular complexity index is 2130. The number of nitrogens with zero attached hydrogens (tertiary/aromatic N) is 2. The summed E-state index contributed by atoms with van der Waals surface area (Å²) in [4.78, 5) is 92.7. The summed E-state index contributed by atoms with van der Waals surface area (Å²) in [5, 5.41) is 25.1. The molecule has 0 saturated carbocycles. The molecule has 16 nitrogen and oxygen atoms in total. The summed E-state index contributed by atoms with van der Waals surface area (Å²) in [7, 11) is 1.53. The van der Waals surface area contributed by atoms with Crippen LogP contribution in [0.15, 0.2) is 73.2 Å². The molecule has 0 radical (unpaired) electrons. The number of aromatic hydroxyl groups is 1. The zero-order chi connectivity index (χ0) is 42.8. The zero-order valence-corrected chi connectivity index (χ0v) is 34.2. The number of fused-ring (bicyclic) bond motifs is 1. The van der Waals surface area contributed by atoms with E-state index in [0.717, 1.165) is 22.7 Å². The Morgan fingerprint density at radius 1 is 0.831 bits per heavy atom. The Hall–Kier alpha value is -6.45. The number of hydrogen-bond acceptors (Lipinski definition) is 9. The van der Waals surface area contributed by atoms with E-state index in [4.69, 9.17) is 4.74 Å². The highest BCUT2D eigenvalue weighted by Crippen LogP contribution is 2.20. The number of ether oxygens (including phenoxy) is 1. The highest BCUT2D eigenvalue weighted by molar-refractivity contribution is 5.99. The lowest BCUT2D eigenvalue weighted by atomic mass is 9.99. The van der Waals surface area contributed by atoms with Crippen molar-refractivity contribution in [3.05, 3.63) is 89.9 Å². The number of carbonyl (C=O) groups is 6. The van der Waals surface area contributed by atoms with Crippen molar-refractivity contribution in [2.75, 3.05) is 20.2 Å². The predicted octanol–water partition coefficient (Wildman–Crippen LogP) is 2.36. The number of H-pyrrole nitrogens is 1. The fourth-order valence-electron chi connectivity index (χ4n) is 6.89. The maximum absolute atomic E-state index is 14.4. The molecule has 2 aromatic carbocycles. The van der Waals surface area contributed by atoms with E-state index in [2.05, 4.69) is 36.6 Å². The smallest absolute Gasteiger partial charge is 0.256 e.